The predicted octanol–water partition coefficient (Wildman–Crippen LogP) is 14.3. The van der Waals surface area contributed by atoms with Crippen LogP contribution in [0.4, 0.5) is 26.3 Å². The summed E-state index contributed by atoms with van der Waals surface area (Å²) in [6.07, 6.45) is 3.75. The molecule has 0 saturated carbocycles. The Morgan fingerprint density at radius 2 is 0.877 bits per heavy atom. The van der Waals surface area contributed by atoms with E-state index in [1.54, 1.807) is 101 Å². The fourth-order valence-electron chi connectivity index (χ4n) is 11.8. The Morgan fingerprint density at radius 3 is 1.27 bits per heavy atom. The van der Waals surface area contributed by atoms with Gasteiger partial charge in [-0.2, -0.15) is 56.6 Å². The van der Waals surface area contributed by atoms with Crippen LogP contribution in [-0.2, 0) is 62.2 Å². The quantitative estimate of drug-likeness (QED) is 0.00930. The number of nitrogens with one attached hydrogen (secondary N) is 2. The normalized spacial score (nSPS) is 10.9. The first-order valence-electron chi connectivity index (χ1n) is 40.4. The van der Waals surface area contributed by atoms with Gasteiger partial charge in [-0.25, -0.2) is 46.2 Å². The van der Waals surface area contributed by atoms with Gasteiger partial charge in [0, 0.05) is 77.2 Å². The number of carboxylic acids is 1. The van der Waals surface area contributed by atoms with Gasteiger partial charge in [-0.3, -0.25) is 19.2 Å². The first-order valence-corrected chi connectivity index (χ1v) is 40.4. The zero-order valence-electron chi connectivity index (χ0n) is 77.4. The monoisotopic (exact) mass is 1980 g/mol. The molecule has 2 aliphatic rings. The van der Waals surface area contributed by atoms with Crippen molar-refractivity contribution >= 4 is 95.0 Å². The van der Waals surface area contributed by atoms with Crippen LogP contribution >= 0.6 is 0 Å². The summed E-state index contributed by atoms with van der Waals surface area (Å²) in [4.78, 5) is 156. The van der Waals surface area contributed by atoms with Crippen LogP contribution in [0.25, 0.3) is 0 Å². The average molecular weight is 1980 g/mol. The number of hydroxylamine groups is 1. The van der Waals surface area contributed by atoms with Crippen molar-refractivity contribution in [1.29, 1.82) is 0 Å². The molecule has 720 valence electrons. The molecule has 12 aromatic rings. The number of carboxylic acid groups (broad SMARTS) is 1. The van der Waals surface area contributed by atoms with Crippen LogP contribution in [0.5, 0.6) is 0 Å². The second-order valence-corrected chi connectivity index (χ2v) is 27.4. The van der Waals surface area contributed by atoms with Crippen LogP contribution in [0, 0.1) is 89.4 Å². The number of ketones is 2. The van der Waals surface area contributed by atoms with Crippen molar-refractivity contribution in [3.63, 3.8) is 0 Å². The van der Waals surface area contributed by atoms with Gasteiger partial charge in [0.05, 0.1) is 44.1 Å². The molecule has 12 aromatic carbocycles. The fourth-order valence-corrected chi connectivity index (χ4v) is 11.8. The van der Waals surface area contributed by atoms with Crippen LogP contribution < -0.4 is 27.8 Å². The van der Waals surface area contributed by atoms with Crippen LogP contribution in [0.2, 0.25) is 0 Å². The summed E-state index contributed by atoms with van der Waals surface area (Å²) in [6, 6.07) is 70.2. The van der Waals surface area contributed by atoms with E-state index in [9.17, 15) is 65.0 Å². The Labute approximate surface area is 820 Å². The summed E-state index contributed by atoms with van der Waals surface area (Å²) < 4.78 is 90.9. The van der Waals surface area contributed by atoms with Crippen molar-refractivity contribution in [2.75, 3.05) is 55.3 Å². The number of hydrogen-bond donors (Lipinski definition) is 5. The minimum absolute atomic E-state index is 0. The topological polar surface area (TPSA) is 399 Å². The van der Waals surface area contributed by atoms with Crippen molar-refractivity contribution < 1.29 is 154 Å². The number of hydrogen-bond acceptors (Lipinski definition) is 24. The minimum Gasteiger partial charge on any atom is -1.00 e. The Balaban J connectivity index is 0. The average Bonchev–Trinajstić information content (AvgIpc) is 1.70. The number of aliphatic hydroxyl groups is 2. The number of esters is 2. The second kappa shape index (κ2) is 71.7. The molecule has 26 nitrogen and oxygen atoms in total. The third-order valence-corrected chi connectivity index (χ3v) is 18.6. The van der Waals surface area contributed by atoms with Crippen LogP contribution in [0.3, 0.4) is 0 Å². The SMILES string of the molecule is C1CCOC1.CCO.CNOC.CO/N=C(\c1ccc(F)cc1)c1cccc(C)c1C(=O)OC.COC(=O)c1c(C)cccc1C(=O)c1ccc(F)cc1.Cc1ccc2c(c1)C(=O)NC2c1ccc(F)cc1.Cc1cccc(C(O)c2ccc(F)cc2)c1C.Cc1cccc(C=O)c1C.Fc1cc[c-]cc1.O=C(O)c1ccccc1C(=O)c1ccc(F)cc1.O=C=O.O=C=O.O=C=O.O=C=O.[Br-].[Mg+2]. The smallest absolute Gasteiger partial charge is 1.00 e. The number of amides is 1. The second-order valence-electron chi connectivity index (χ2n) is 27.4. The van der Waals surface area contributed by atoms with Crippen molar-refractivity contribution in [2.24, 2.45) is 5.16 Å². The summed E-state index contributed by atoms with van der Waals surface area (Å²) in [5.41, 5.74) is 17.5. The van der Waals surface area contributed by atoms with E-state index in [4.69, 9.17) is 67.6 Å². The molecule has 1 saturated heterocycles. The molecule has 34 heteroatoms. The van der Waals surface area contributed by atoms with E-state index in [0.717, 1.165) is 81.7 Å². The van der Waals surface area contributed by atoms with Crippen molar-refractivity contribution in [3.8, 4) is 0 Å². The zero-order valence-corrected chi connectivity index (χ0v) is 80.4. The molecule has 0 radical (unpaired) electrons. The number of ether oxygens (including phenoxy) is 3. The third kappa shape index (κ3) is 44.5. The van der Waals surface area contributed by atoms with E-state index in [1.807, 2.05) is 108 Å². The number of aryl methyl sites for hydroxylation is 5. The molecule has 2 unspecified atom stereocenters. The molecule has 2 aliphatic heterocycles. The number of carbonyl (C=O) groups is 7. The molecule has 1 fully saturated rings. The first kappa shape index (κ1) is 125. The van der Waals surface area contributed by atoms with Crippen molar-refractivity contribution in [1.82, 2.24) is 10.8 Å². The van der Waals surface area contributed by atoms with Crippen molar-refractivity contribution in [2.45, 2.75) is 80.4 Å². The number of carbonyl (C=O) groups excluding carboxylic acids is 14. The van der Waals surface area contributed by atoms with Gasteiger partial charge in [0.15, 0.2) is 11.6 Å². The number of fused-ring (bicyclic) bond motifs is 1. The van der Waals surface area contributed by atoms with E-state index >= 15 is 0 Å². The van der Waals surface area contributed by atoms with Gasteiger partial charge in [0.2, 0.25) is 0 Å². The molecular formula is C104H100BrF6MgN3O23. The molecule has 0 spiro atoms. The van der Waals surface area contributed by atoms with E-state index in [0.29, 0.717) is 44.7 Å². The molecular weight excluding hydrogens is 1880 g/mol. The maximum atomic E-state index is 13.1. The first-order chi connectivity index (χ1) is 65.1. The molecule has 1 amide bonds. The molecule has 5 N–H and O–H groups in total. The molecule has 0 aromatic heterocycles. The number of benzene rings is 12. The summed E-state index contributed by atoms with van der Waals surface area (Å²) in [5.74, 6) is -5.01. The summed E-state index contributed by atoms with van der Waals surface area (Å²) in [7, 11) is 7.28. The Hall–Kier alpha value is -14.9. The van der Waals surface area contributed by atoms with E-state index in [1.165, 1.54) is 149 Å². The van der Waals surface area contributed by atoms with Gasteiger partial charge >= 0.3 is 65.6 Å². The minimum atomic E-state index is -1.17. The maximum absolute atomic E-state index is 13.1. The summed E-state index contributed by atoms with van der Waals surface area (Å²) >= 11 is 0. The molecule has 2 heterocycles. The molecule has 0 bridgehead atoms. The Kier molecular flexibility index (Phi) is 65.0. The van der Waals surface area contributed by atoms with E-state index < -0.39 is 41.4 Å². The van der Waals surface area contributed by atoms with Crippen LogP contribution in [0.1, 0.15) is 188 Å². The number of methoxy groups -OCH3 is 2. The number of oxime groups is 1. The van der Waals surface area contributed by atoms with Gasteiger partial charge < -0.3 is 61.5 Å². The fraction of sp³-hybridized carbons (Fsp3) is 0.192. The van der Waals surface area contributed by atoms with E-state index in [-0.39, 0.29) is 140 Å². The Bertz CT molecular complexity index is 5880. The summed E-state index contributed by atoms with van der Waals surface area (Å²) in [5, 5.41) is 33.7. The zero-order chi connectivity index (χ0) is 102. The van der Waals surface area contributed by atoms with Gasteiger partial charge in [0.25, 0.3) is 5.91 Å². The molecule has 2 atom stereocenters. The maximum Gasteiger partial charge on any atom is 2.00 e. The number of nitrogens with zero attached hydrogens (tertiary/aromatic N) is 1. The largest absolute Gasteiger partial charge is 2.00 e. The number of halogens is 7. The van der Waals surface area contributed by atoms with Crippen molar-refractivity contribution in [3.05, 3.63) is 424 Å². The predicted molar refractivity (Wildman–Crippen MR) is 492 cm³/mol. The van der Waals surface area contributed by atoms with Crippen LogP contribution in [0.15, 0.2) is 266 Å². The van der Waals surface area contributed by atoms with Gasteiger partial charge in [-0.05, 0) is 233 Å². The van der Waals surface area contributed by atoms with Gasteiger partial charge in [0.1, 0.15) is 54.3 Å². The number of aldehydes is 1. The summed E-state index contributed by atoms with van der Waals surface area (Å²) in [6.45, 7) is 17.4. The molecule has 0 aliphatic carbocycles. The van der Waals surface area contributed by atoms with Crippen LogP contribution in [-0.4, -0.2) is 166 Å². The number of rotatable bonds is 15. The molecule has 138 heavy (non-hydrogen) atoms. The molecule has 14 rings (SSSR count). The standard InChI is InChI=1S/C17H16FNO3.C16H13FO3.C15H12FNO.C15H15FO.C14H9FO3.C9H10O.C6H4F.C4H8O.C2H7NO.C2H6O.4CO2.BrH.Mg/c1-11-5-4-6-14(15(11)17(20)21-2)16(19-22-3)12-7-9-13(18)10-8-12;1-10-4-3-5-13(14(10)16(19)20-2)15(18)11-6-8-12(17)9-7-11;1-9-2-7-12-13(8-9)15(18)17-14(12)10-3-5-11(16)6-4-10;1-10-4-3-5-14(11(10)2)15(17)12-6-8-13(16)9-7-12;15-10-7-5-9(6-8-10)13(16)11-3-1-2-4-12(11)14(17)18;1-7-4-3-5-9(6-10)8(7)2;7-6-4-2-1-3-5-6;1-2-4-5-3-1;1-3-4-2;1-2-3;4*2-1-3;;/h4-10H,1-3H3;3-9H,1-2H3;2-8,14H,1H3,(H,17,18);3-9,15,17H,1-2H3;1-8H,(H,17,18);3-6H,1-2H3;2-5H;1-4H2;3H,1-2H3;3H,2H2,1H3;;;;;1H;/q;;;;;;-1;;;;;;;;;+2/p-1/b19-16+;;;;;;;;;;;;;;;. The number of aromatic carboxylic acids is 1. The number of aliphatic hydroxyl groups excluding tert-OH is 2. The third-order valence-electron chi connectivity index (χ3n) is 18.6. The van der Waals surface area contributed by atoms with Gasteiger partial charge in [-0.15, -0.1) is 12.1 Å². The Morgan fingerprint density at radius 1 is 0.507 bits per heavy atom. The van der Waals surface area contributed by atoms with Gasteiger partial charge in [-0.1, -0.05) is 138 Å². The van der Waals surface area contributed by atoms with E-state index in [2.05, 4.69) is 26.9 Å².